The average Bonchev–Trinajstić information content (AvgIpc) is 3.16. The molecular weight excluding hydrogens is 446 g/mol. The molecule has 1 aliphatic rings. The normalized spacial score (nSPS) is 13.1. The van der Waals surface area contributed by atoms with E-state index < -0.39 is 12.1 Å². The molecule has 0 fully saturated rings. The fourth-order valence-corrected chi connectivity index (χ4v) is 4.39. The van der Waals surface area contributed by atoms with Crippen molar-refractivity contribution in [1.82, 2.24) is 15.1 Å². The smallest absolute Gasteiger partial charge is 0.407 e. The van der Waals surface area contributed by atoms with E-state index >= 15 is 0 Å². The lowest BCUT2D eigenvalue weighted by atomic mass is 9.98. The van der Waals surface area contributed by atoms with Crippen molar-refractivity contribution in [3.8, 4) is 11.1 Å². The quantitative estimate of drug-likeness (QED) is 0.482. The third-order valence-corrected chi connectivity index (χ3v) is 6.42. The summed E-state index contributed by atoms with van der Waals surface area (Å²) in [4.78, 5) is 39.7. The number of hydrogen-bond acceptors (Lipinski definition) is 5. The number of benzene rings is 2. The Kier molecular flexibility index (Phi) is 9.25. The minimum atomic E-state index is -1.04. The Morgan fingerprint density at radius 2 is 1.60 bits per heavy atom. The van der Waals surface area contributed by atoms with Crippen LogP contribution in [-0.2, 0) is 14.3 Å². The van der Waals surface area contributed by atoms with Crippen molar-refractivity contribution in [3.05, 3.63) is 59.7 Å². The highest BCUT2D eigenvalue weighted by molar-refractivity contribution is 5.81. The third kappa shape index (κ3) is 7.05. The topological polar surface area (TPSA) is 99.2 Å². The van der Waals surface area contributed by atoms with Crippen LogP contribution in [0.2, 0.25) is 0 Å². The van der Waals surface area contributed by atoms with Crippen LogP contribution in [0.5, 0.6) is 0 Å². The first-order valence-electron chi connectivity index (χ1n) is 12.0. The maximum absolute atomic E-state index is 12.7. The molecule has 2 aromatic rings. The van der Waals surface area contributed by atoms with Crippen molar-refractivity contribution in [2.45, 2.75) is 25.7 Å². The standard InChI is InChI=1S/C27H35N3O5/c1-4-19(15-25(31)30(17-26(32)33)14-13-29(2)3)16-28-27(34)35-18-24-22-11-7-5-9-20(22)21-10-6-8-12-23(21)24/h5-12,19,24H,4,13-18H2,1-3H3,(H,28,34)(H,32,33). The molecule has 8 nitrogen and oxygen atoms in total. The maximum atomic E-state index is 12.7. The van der Waals surface area contributed by atoms with Gasteiger partial charge in [0.2, 0.25) is 5.91 Å². The molecule has 2 amide bonds. The van der Waals surface area contributed by atoms with Gasteiger partial charge < -0.3 is 25.0 Å². The number of nitrogens with zero attached hydrogens (tertiary/aromatic N) is 2. The largest absolute Gasteiger partial charge is 0.480 e. The number of likely N-dealkylation sites (N-methyl/N-ethyl adjacent to an activating group) is 1. The zero-order valence-corrected chi connectivity index (χ0v) is 20.7. The number of amides is 2. The summed E-state index contributed by atoms with van der Waals surface area (Å²) in [6, 6.07) is 16.3. The summed E-state index contributed by atoms with van der Waals surface area (Å²) in [6.45, 7) is 3.05. The summed E-state index contributed by atoms with van der Waals surface area (Å²) in [5.41, 5.74) is 4.63. The number of carbonyl (C=O) groups excluding carboxylic acids is 2. The first-order valence-corrected chi connectivity index (χ1v) is 12.0. The maximum Gasteiger partial charge on any atom is 0.407 e. The molecule has 0 saturated heterocycles. The van der Waals surface area contributed by atoms with E-state index in [0.29, 0.717) is 19.5 Å². The van der Waals surface area contributed by atoms with E-state index in [1.54, 1.807) is 0 Å². The van der Waals surface area contributed by atoms with Crippen LogP contribution in [0.1, 0.15) is 36.8 Å². The summed E-state index contributed by atoms with van der Waals surface area (Å²) >= 11 is 0. The van der Waals surface area contributed by atoms with Crippen molar-refractivity contribution >= 4 is 18.0 Å². The van der Waals surface area contributed by atoms with Crippen molar-refractivity contribution in [1.29, 1.82) is 0 Å². The molecule has 2 N–H and O–H groups in total. The van der Waals surface area contributed by atoms with Crippen molar-refractivity contribution < 1.29 is 24.2 Å². The number of nitrogens with one attached hydrogen (secondary N) is 1. The van der Waals surface area contributed by atoms with Crippen LogP contribution in [0, 0.1) is 5.92 Å². The van der Waals surface area contributed by atoms with Crippen molar-refractivity contribution in [2.75, 3.05) is 46.9 Å². The molecular formula is C27H35N3O5. The van der Waals surface area contributed by atoms with E-state index in [1.807, 2.05) is 50.2 Å². The molecule has 3 rings (SSSR count). The van der Waals surface area contributed by atoms with Crippen LogP contribution in [0.3, 0.4) is 0 Å². The number of ether oxygens (including phenoxy) is 1. The van der Waals surface area contributed by atoms with Crippen LogP contribution in [0.4, 0.5) is 4.79 Å². The number of fused-ring (bicyclic) bond motifs is 3. The Bertz CT molecular complexity index is 993. The number of carbonyl (C=O) groups is 3. The number of rotatable bonds is 12. The lowest BCUT2D eigenvalue weighted by Crippen LogP contribution is -2.41. The van der Waals surface area contributed by atoms with E-state index in [-0.39, 0.29) is 43.9 Å². The first kappa shape index (κ1) is 26.2. The number of alkyl carbamates (subject to hydrolysis) is 1. The fourth-order valence-electron chi connectivity index (χ4n) is 4.39. The lowest BCUT2D eigenvalue weighted by molar-refractivity contribution is -0.145. The van der Waals surface area contributed by atoms with E-state index in [0.717, 1.165) is 11.1 Å². The molecule has 0 aliphatic heterocycles. The van der Waals surface area contributed by atoms with Gasteiger partial charge in [-0.05, 0) is 42.3 Å². The summed E-state index contributed by atoms with van der Waals surface area (Å²) < 4.78 is 5.58. The number of carboxylic acids is 1. The molecule has 0 heterocycles. The predicted octanol–water partition coefficient (Wildman–Crippen LogP) is 3.42. The van der Waals surface area contributed by atoms with Crippen LogP contribution >= 0.6 is 0 Å². The fraction of sp³-hybridized carbons (Fsp3) is 0.444. The van der Waals surface area contributed by atoms with Gasteiger partial charge in [-0.2, -0.15) is 0 Å². The molecule has 1 aliphatic carbocycles. The minimum absolute atomic E-state index is 0.0158. The molecule has 0 radical (unpaired) electrons. The zero-order chi connectivity index (χ0) is 25.4. The molecule has 1 unspecified atom stereocenters. The van der Waals surface area contributed by atoms with Gasteiger partial charge in [0, 0.05) is 32.0 Å². The van der Waals surface area contributed by atoms with Gasteiger partial charge in [-0.15, -0.1) is 0 Å². The Morgan fingerprint density at radius 3 is 2.14 bits per heavy atom. The van der Waals surface area contributed by atoms with Crippen molar-refractivity contribution in [3.63, 3.8) is 0 Å². The van der Waals surface area contributed by atoms with Crippen LogP contribution in [-0.4, -0.2) is 79.8 Å². The van der Waals surface area contributed by atoms with Crippen LogP contribution in [0.15, 0.2) is 48.5 Å². The molecule has 188 valence electrons. The molecule has 35 heavy (non-hydrogen) atoms. The summed E-state index contributed by atoms with van der Waals surface area (Å²) in [7, 11) is 3.74. The number of carboxylic acid groups (broad SMARTS) is 1. The van der Waals surface area contributed by atoms with Crippen molar-refractivity contribution in [2.24, 2.45) is 5.92 Å². The molecule has 2 aromatic carbocycles. The monoisotopic (exact) mass is 481 g/mol. The minimum Gasteiger partial charge on any atom is -0.480 e. The Labute approximate surface area is 206 Å². The molecule has 0 aromatic heterocycles. The van der Waals surface area contributed by atoms with E-state index in [4.69, 9.17) is 9.84 Å². The molecule has 0 spiro atoms. The Balaban J connectivity index is 1.52. The summed E-state index contributed by atoms with van der Waals surface area (Å²) in [5, 5.41) is 11.9. The Hall–Kier alpha value is -3.39. The van der Waals surface area contributed by atoms with E-state index in [2.05, 4.69) is 29.6 Å². The second kappa shape index (κ2) is 12.4. The van der Waals surface area contributed by atoms with Gasteiger partial charge in [-0.1, -0.05) is 61.9 Å². The second-order valence-electron chi connectivity index (χ2n) is 9.20. The predicted molar refractivity (Wildman–Crippen MR) is 134 cm³/mol. The average molecular weight is 482 g/mol. The highest BCUT2D eigenvalue weighted by atomic mass is 16.5. The van der Waals surface area contributed by atoms with E-state index in [1.165, 1.54) is 16.0 Å². The van der Waals surface area contributed by atoms with Gasteiger partial charge in [0.15, 0.2) is 0 Å². The van der Waals surface area contributed by atoms with Gasteiger partial charge in [0.25, 0.3) is 0 Å². The van der Waals surface area contributed by atoms with Gasteiger partial charge in [-0.25, -0.2) is 4.79 Å². The number of aliphatic carboxylic acids is 1. The summed E-state index contributed by atoms with van der Waals surface area (Å²) in [6.07, 6.45) is 0.318. The molecule has 0 bridgehead atoms. The highest BCUT2D eigenvalue weighted by Gasteiger charge is 2.29. The van der Waals surface area contributed by atoms with Gasteiger partial charge in [0.1, 0.15) is 13.2 Å². The first-order chi connectivity index (χ1) is 16.8. The van der Waals surface area contributed by atoms with Gasteiger partial charge in [0.05, 0.1) is 0 Å². The Morgan fingerprint density at radius 1 is 1.00 bits per heavy atom. The lowest BCUT2D eigenvalue weighted by Gasteiger charge is -2.25. The zero-order valence-electron chi connectivity index (χ0n) is 20.7. The van der Waals surface area contributed by atoms with Crippen LogP contribution in [0.25, 0.3) is 11.1 Å². The van der Waals surface area contributed by atoms with E-state index in [9.17, 15) is 14.4 Å². The highest BCUT2D eigenvalue weighted by Crippen LogP contribution is 2.44. The second-order valence-corrected chi connectivity index (χ2v) is 9.20. The van der Waals surface area contributed by atoms with Crippen LogP contribution < -0.4 is 5.32 Å². The summed E-state index contributed by atoms with van der Waals surface area (Å²) in [5.74, 6) is -1.39. The third-order valence-electron chi connectivity index (χ3n) is 6.42. The molecule has 0 saturated carbocycles. The number of hydrogen-bond donors (Lipinski definition) is 2. The molecule has 1 atom stereocenters. The van der Waals surface area contributed by atoms with Gasteiger partial charge in [-0.3, -0.25) is 9.59 Å². The SMILES string of the molecule is CCC(CNC(=O)OCC1c2ccccc2-c2ccccc21)CC(=O)N(CCN(C)C)CC(=O)O. The molecule has 8 heteroatoms. The van der Waals surface area contributed by atoms with Gasteiger partial charge >= 0.3 is 12.1 Å².